The Morgan fingerprint density at radius 2 is 1.93 bits per heavy atom. The van der Waals surface area contributed by atoms with Crippen molar-refractivity contribution in [3.63, 3.8) is 0 Å². The Morgan fingerprint density at radius 3 is 2.69 bits per heavy atom. The van der Waals surface area contributed by atoms with Gasteiger partial charge in [-0.2, -0.15) is 0 Å². The molecule has 1 aliphatic heterocycles. The summed E-state index contributed by atoms with van der Waals surface area (Å²) in [5.74, 6) is 5.81. The predicted molar refractivity (Wildman–Crippen MR) is 121 cm³/mol. The number of rotatable bonds is 1. The fourth-order valence-electron chi connectivity index (χ4n) is 7.64. The molecule has 2 nitrogen and oxygen atoms in total. The molecule has 5 atom stereocenters. The van der Waals surface area contributed by atoms with E-state index in [4.69, 9.17) is 0 Å². The summed E-state index contributed by atoms with van der Waals surface area (Å²) in [6, 6.07) is 9.96. The van der Waals surface area contributed by atoms with Gasteiger partial charge in [0.25, 0.3) is 0 Å². The summed E-state index contributed by atoms with van der Waals surface area (Å²) in [6.07, 6.45) is 9.17. The average molecular weight is 409 g/mol. The molecule has 1 aromatic rings. The van der Waals surface area contributed by atoms with Gasteiger partial charge in [-0.05, 0) is 97.7 Å². The lowest BCUT2D eigenvalue weighted by Gasteiger charge is -2.52. The highest BCUT2D eigenvalue weighted by molar-refractivity contribution is 6.87. The van der Waals surface area contributed by atoms with Gasteiger partial charge in [-0.15, -0.1) is 5.54 Å². The smallest absolute Gasteiger partial charge is 0.138 e. The van der Waals surface area contributed by atoms with E-state index in [2.05, 4.69) is 31.4 Å². The van der Waals surface area contributed by atoms with Crippen molar-refractivity contribution in [2.75, 3.05) is 0 Å². The largest absolute Gasteiger partial charge is 0.508 e. The summed E-state index contributed by atoms with van der Waals surface area (Å²) in [6.45, 7) is 4.69. The Morgan fingerprint density at radius 1 is 1.14 bits per heavy atom. The van der Waals surface area contributed by atoms with E-state index in [1.165, 1.54) is 48.5 Å². The van der Waals surface area contributed by atoms with Gasteiger partial charge in [0.05, 0.1) is 0 Å². The van der Waals surface area contributed by atoms with E-state index in [9.17, 15) is 10.2 Å². The van der Waals surface area contributed by atoms with E-state index in [0.29, 0.717) is 23.5 Å². The van der Waals surface area contributed by atoms with Gasteiger partial charge >= 0.3 is 0 Å². The third-order valence-electron chi connectivity index (χ3n) is 9.63. The predicted octanol–water partition coefficient (Wildman–Crippen LogP) is 5.78. The molecule has 0 radical (unpaired) electrons. The maximum absolute atomic E-state index is 11.9. The van der Waals surface area contributed by atoms with Crippen LogP contribution in [-0.2, 0) is 6.42 Å². The summed E-state index contributed by atoms with van der Waals surface area (Å²) < 4.78 is 0. The topological polar surface area (TPSA) is 40.5 Å². The molecule has 0 spiro atoms. The van der Waals surface area contributed by atoms with Crippen LogP contribution >= 0.6 is 0 Å². The molecular weight excluding hydrogens is 372 g/mol. The van der Waals surface area contributed by atoms with E-state index in [1.807, 2.05) is 12.1 Å². The SMILES string of the molecule is CC[Si]1(C#C[C@]2(O)CC[C@H]3[C@@H]4CCc5cc(O)ccc5[C@H]4CC[C@@]32C)CCCC1. The Labute approximate surface area is 177 Å². The zero-order valence-corrected chi connectivity index (χ0v) is 19.1. The van der Waals surface area contributed by atoms with Crippen LogP contribution in [0.25, 0.3) is 0 Å². The van der Waals surface area contributed by atoms with Crippen molar-refractivity contribution in [1.29, 1.82) is 0 Å². The Bertz CT molecular complexity index is 861. The summed E-state index contributed by atoms with van der Waals surface area (Å²) in [7, 11) is -1.44. The number of aliphatic hydroxyl groups is 1. The molecule has 3 heteroatoms. The van der Waals surface area contributed by atoms with Gasteiger partial charge in [-0.3, -0.25) is 0 Å². The first-order valence-electron chi connectivity index (χ1n) is 12.0. The second-order valence-electron chi connectivity index (χ2n) is 10.7. The maximum atomic E-state index is 11.9. The number of phenols is 1. The van der Waals surface area contributed by atoms with E-state index in [1.54, 1.807) is 0 Å². The number of hydrogen-bond acceptors (Lipinski definition) is 2. The molecule has 2 N–H and O–H groups in total. The van der Waals surface area contributed by atoms with Crippen molar-refractivity contribution in [2.24, 2.45) is 17.3 Å². The minimum absolute atomic E-state index is 0.0580. The van der Waals surface area contributed by atoms with E-state index in [-0.39, 0.29) is 5.41 Å². The van der Waals surface area contributed by atoms with Gasteiger partial charge in [0.2, 0.25) is 0 Å². The van der Waals surface area contributed by atoms with Gasteiger partial charge in [0.1, 0.15) is 19.4 Å². The lowest BCUT2D eigenvalue weighted by atomic mass is 9.53. The van der Waals surface area contributed by atoms with Crippen LogP contribution in [0.2, 0.25) is 18.1 Å². The lowest BCUT2D eigenvalue weighted by Crippen LogP contribution is -2.50. The Kier molecular flexibility index (Phi) is 4.68. The van der Waals surface area contributed by atoms with Crippen LogP contribution in [0.15, 0.2) is 18.2 Å². The molecule has 156 valence electrons. The summed E-state index contributed by atoms with van der Waals surface area (Å²) in [5, 5.41) is 21.7. The first-order chi connectivity index (χ1) is 13.9. The number of hydrogen-bond donors (Lipinski definition) is 2. The number of phenolic OH excluding ortho intramolecular Hbond substituents is 1. The van der Waals surface area contributed by atoms with E-state index >= 15 is 0 Å². The number of aromatic hydroxyl groups is 1. The van der Waals surface area contributed by atoms with Crippen molar-refractivity contribution >= 4 is 8.07 Å². The van der Waals surface area contributed by atoms with Crippen molar-refractivity contribution in [2.45, 2.75) is 94.9 Å². The first kappa shape index (κ1) is 19.7. The average Bonchev–Trinajstić information content (AvgIpc) is 3.30. The lowest BCUT2D eigenvalue weighted by molar-refractivity contribution is -0.0647. The second kappa shape index (κ2) is 6.89. The molecule has 0 unspecified atom stereocenters. The van der Waals surface area contributed by atoms with Crippen LogP contribution in [0, 0.1) is 28.7 Å². The van der Waals surface area contributed by atoms with Crippen molar-refractivity contribution in [3.05, 3.63) is 29.3 Å². The molecule has 4 aliphatic rings. The monoisotopic (exact) mass is 408 g/mol. The van der Waals surface area contributed by atoms with E-state index < -0.39 is 13.7 Å². The Balaban J connectivity index is 1.44. The van der Waals surface area contributed by atoms with Gasteiger partial charge in [0.15, 0.2) is 0 Å². The number of fused-ring (bicyclic) bond motifs is 5. The van der Waals surface area contributed by atoms with Crippen LogP contribution in [-0.4, -0.2) is 23.9 Å². The van der Waals surface area contributed by atoms with Crippen LogP contribution < -0.4 is 0 Å². The van der Waals surface area contributed by atoms with E-state index in [0.717, 1.165) is 32.1 Å². The molecule has 3 aliphatic carbocycles. The molecule has 0 bridgehead atoms. The fourth-order valence-corrected chi connectivity index (χ4v) is 11.4. The normalized spacial score (nSPS) is 39.8. The fraction of sp³-hybridized carbons (Fsp3) is 0.692. The molecule has 1 aromatic carbocycles. The molecule has 5 rings (SSSR count). The van der Waals surface area contributed by atoms with Crippen molar-refractivity contribution in [1.82, 2.24) is 0 Å². The summed E-state index contributed by atoms with van der Waals surface area (Å²) in [5.41, 5.74) is 5.76. The van der Waals surface area contributed by atoms with Gasteiger partial charge < -0.3 is 10.2 Å². The quantitative estimate of drug-likeness (QED) is 0.456. The standard InChI is InChI=1S/C26H36O2Si/c1-3-29(15-4-5-16-29)17-14-26(28)13-11-24-23-8-6-19-18-20(27)7-9-21(19)22(23)10-12-25(24,26)2/h7,9,18,22-24,27-28H,3-6,8,10-13,15-16H2,1-2H3/t22-,23-,24+,25+,26-/m1/s1. The second-order valence-corrected chi connectivity index (χ2v) is 15.3. The summed E-state index contributed by atoms with van der Waals surface area (Å²) in [4.78, 5) is 0. The molecule has 1 heterocycles. The molecule has 0 amide bonds. The molecule has 3 fully saturated rings. The first-order valence-corrected chi connectivity index (χ1v) is 14.6. The molecular formula is C26H36O2Si. The van der Waals surface area contributed by atoms with Crippen LogP contribution in [0.4, 0.5) is 0 Å². The molecule has 2 saturated carbocycles. The minimum atomic E-state index is -1.44. The third-order valence-corrected chi connectivity index (χ3v) is 14.3. The van der Waals surface area contributed by atoms with Crippen LogP contribution in [0.3, 0.4) is 0 Å². The highest BCUT2D eigenvalue weighted by Crippen LogP contribution is 2.64. The van der Waals surface area contributed by atoms with Gasteiger partial charge in [0, 0.05) is 5.41 Å². The number of aryl methyl sites for hydroxylation is 1. The van der Waals surface area contributed by atoms with Crippen molar-refractivity contribution < 1.29 is 10.2 Å². The van der Waals surface area contributed by atoms with Crippen LogP contribution in [0.1, 0.15) is 75.8 Å². The number of benzene rings is 1. The van der Waals surface area contributed by atoms with Crippen molar-refractivity contribution in [3.8, 4) is 17.2 Å². The van der Waals surface area contributed by atoms with Gasteiger partial charge in [-0.1, -0.05) is 38.7 Å². The highest BCUT2D eigenvalue weighted by atomic mass is 28.3. The Hall–Kier alpha value is -1.24. The summed E-state index contributed by atoms with van der Waals surface area (Å²) >= 11 is 0. The molecule has 0 aromatic heterocycles. The zero-order valence-electron chi connectivity index (χ0n) is 18.1. The highest BCUT2D eigenvalue weighted by Gasteiger charge is 2.61. The molecule has 1 saturated heterocycles. The van der Waals surface area contributed by atoms with Crippen LogP contribution in [0.5, 0.6) is 5.75 Å². The maximum Gasteiger partial charge on any atom is 0.138 e. The molecule has 29 heavy (non-hydrogen) atoms. The van der Waals surface area contributed by atoms with Gasteiger partial charge in [-0.25, -0.2) is 0 Å². The zero-order chi connectivity index (χ0) is 20.3. The third kappa shape index (κ3) is 2.93. The minimum Gasteiger partial charge on any atom is -0.508 e.